The number of carbonyl (C=O) groups is 2. The number of thioether (sulfide) groups is 1. The van der Waals surface area contributed by atoms with Crippen molar-refractivity contribution in [2.24, 2.45) is 4.99 Å². The molecule has 2 aromatic carbocycles. The Morgan fingerprint density at radius 2 is 1.97 bits per heavy atom. The van der Waals surface area contributed by atoms with Gasteiger partial charge in [0.15, 0.2) is 5.17 Å². The minimum absolute atomic E-state index is 0.0865. The third-order valence-electron chi connectivity index (χ3n) is 5.55. The Labute approximate surface area is 193 Å². The van der Waals surface area contributed by atoms with Crippen molar-refractivity contribution in [3.63, 3.8) is 0 Å². The zero-order valence-corrected chi connectivity index (χ0v) is 19.4. The van der Waals surface area contributed by atoms with Gasteiger partial charge in [0.1, 0.15) is 0 Å². The van der Waals surface area contributed by atoms with E-state index in [9.17, 15) is 9.59 Å². The summed E-state index contributed by atoms with van der Waals surface area (Å²) in [7, 11) is 1.71. The van der Waals surface area contributed by atoms with Crippen molar-refractivity contribution < 1.29 is 14.3 Å². The number of likely N-dealkylation sites (N-methyl/N-ethyl adjacent to an activating group) is 1. The highest BCUT2D eigenvalue weighted by Gasteiger charge is 2.30. The SMILES string of the molecule is CCOC(=O)c1cccc(N=C2SC(=Cc3ccc(N4CCCC4)c(C)c3)C(=O)N2C)c1. The van der Waals surface area contributed by atoms with E-state index in [0.717, 1.165) is 18.7 Å². The molecule has 0 unspecified atom stereocenters. The minimum atomic E-state index is -0.383. The molecule has 0 atom stereocenters. The highest BCUT2D eigenvalue weighted by atomic mass is 32.2. The Morgan fingerprint density at radius 1 is 1.19 bits per heavy atom. The molecule has 2 heterocycles. The molecule has 32 heavy (non-hydrogen) atoms. The number of esters is 1. The van der Waals surface area contributed by atoms with Gasteiger partial charge in [-0.3, -0.25) is 9.69 Å². The van der Waals surface area contributed by atoms with Crippen LogP contribution in [0.4, 0.5) is 11.4 Å². The third-order valence-corrected chi connectivity index (χ3v) is 6.61. The van der Waals surface area contributed by atoms with Crippen LogP contribution in [0.25, 0.3) is 6.08 Å². The van der Waals surface area contributed by atoms with Gasteiger partial charge in [-0.05, 0) is 86.0 Å². The molecule has 0 spiro atoms. The first-order chi connectivity index (χ1) is 15.5. The largest absolute Gasteiger partial charge is 0.462 e. The van der Waals surface area contributed by atoms with Crippen molar-refractivity contribution in [3.8, 4) is 0 Å². The average molecular weight is 450 g/mol. The minimum Gasteiger partial charge on any atom is -0.462 e. The fraction of sp³-hybridized carbons (Fsp3) is 0.320. The van der Waals surface area contributed by atoms with Crippen molar-refractivity contribution in [2.45, 2.75) is 26.7 Å². The zero-order valence-electron chi connectivity index (χ0n) is 18.6. The number of hydrogen-bond donors (Lipinski definition) is 0. The molecular formula is C25H27N3O3S. The van der Waals surface area contributed by atoms with E-state index in [1.54, 1.807) is 43.1 Å². The van der Waals surface area contributed by atoms with E-state index in [0.29, 0.717) is 27.9 Å². The van der Waals surface area contributed by atoms with Crippen LogP contribution in [0.15, 0.2) is 52.4 Å². The van der Waals surface area contributed by atoms with Gasteiger partial charge in [-0.15, -0.1) is 0 Å². The predicted octanol–water partition coefficient (Wildman–Crippen LogP) is 5.01. The number of hydrogen-bond acceptors (Lipinski definition) is 6. The molecule has 2 aliphatic heterocycles. The number of benzene rings is 2. The Morgan fingerprint density at radius 3 is 2.69 bits per heavy atom. The second-order valence-corrected chi connectivity index (χ2v) is 8.89. The van der Waals surface area contributed by atoms with Gasteiger partial charge in [-0.25, -0.2) is 9.79 Å². The topological polar surface area (TPSA) is 62.2 Å². The summed E-state index contributed by atoms with van der Waals surface area (Å²) in [6, 6.07) is 13.3. The molecule has 0 saturated carbocycles. The molecule has 0 aliphatic carbocycles. The molecule has 0 bridgehead atoms. The number of amides is 1. The summed E-state index contributed by atoms with van der Waals surface area (Å²) < 4.78 is 5.06. The van der Waals surface area contributed by atoms with Crippen molar-refractivity contribution in [1.29, 1.82) is 0 Å². The number of aliphatic imine (C=N–C) groups is 1. The highest BCUT2D eigenvalue weighted by Crippen LogP contribution is 2.34. The Bertz CT molecular complexity index is 1100. The number of carbonyl (C=O) groups excluding carboxylic acids is 2. The number of rotatable bonds is 5. The lowest BCUT2D eigenvalue weighted by atomic mass is 10.1. The monoisotopic (exact) mass is 449 g/mol. The lowest BCUT2D eigenvalue weighted by Gasteiger charge is -2.20. The van der Waals surface area contributed by atoms with Crippen LogP contribution in [0.3, 0.4) is 0 Å². The maximum absolute atomic E-state index is 12.8. The summed E-state index contributed by atoms with van der Waals surface area (Å²) in [5.41, 5.74) is 4.53. The Balaban J connectivity index is 1.55. The fourth-order valence-corrected chi connectivity index (χ4v) is 4.90. The van der Waals surface area contributed by atoms with E-state index in [-0.39, 0.29) is 11.9 Å². The van der Waals surface area contributed by atoms with Crippen molar-refractivity contribution >= 4 is 46.3 Å². The van der Waals surface area contributed by atoms with Gasteiger partial charge in [-0.1, -0.05) is 12.1 Å². The number of aryl methyl sites for hydroxylation is 1. The lowest BCUT2D eigenvalue weighted by Crippen LogP contribution is -2.23. The molecule has 2 fully saturated rings. The van der Waals surface area contributed by atoms with Crippen LogP contribution >= 0.6 is 11.8 Å². The van der Waals surface area contributed by atoms with Crippen LogP contribution < -0.4 is 4.90 Å². The molecule has 2 aromatic rings. The van der Waals surface area contributed by atoms with E-state index >= 15 is 0 Å². The van der Waals surface area contributed by atoms with Crippen molar-refractivity contribution in [2.75, 3.05) is 31.6 Å². The molecule has 166 valence electrons. The van der Waals surface area contributed by atoms with Crippen LogP contribution in [0.2, 0.25) is 0 Å². The third kappa shape index (κ3) is 4.72. The molecule has 0 aromatic heterocycles. The maximum atomic E-state index is 12.8. The number of amidine groups is 1. The average Bonchev–Trinajstić information content (AvgIpc) is 3.40. The molecule has 4 rings (SSSR count). The smallest absolute Gasteiger partial charge is 0.338 e. The maximum Gasteiger partial charge on any atom is 0.338 e. The van der Waals surface area contributed by atoms with E-state index < -0.39 is 0 Å². The van der Waals surface area contributed by atoms with Crippen LogP contribution in [0.5, 0.6) is 0 Å². The molecule has 1 amide bonds. The zero-order chi connectivity index (χ0) is 22.7. The van der Waals surface area contributed by atoms with Crippen LogP contribution in [-0.4, -0.2) is 48.7 Å². The van der Waals surface area contributed by atoms with E-state index in [4.69, 9.17) is 4.74 Å². The highest BCUT2D eigenvalue weighted by molar-refractivity contribution is 8.18. The van der Waals surface area contributed by atoms with E-state index in [1.807, 2.05) is 6.08 Å². The van der Waals surface area contributed by atoms with Gasteiger partial charge >= 0.3 is 5.97 Å². The Kier molecular flexibility index (Phi) is 6.65. The number of nitrogens with zero attached hydrogens (tertiary/aromatic N) is 3. The van der Waals surface area contributed by atoms with Crippen LogP contribution in [0.1, 0.15) is 41.3 Å². The number of ether oxygens (including phenoxy) is 1. The van der Waals surface area contributed by atoms with Gasteiger partial charge in [0, 0.05) is 25.8 Å². The first-order valence-corrected chi connectivity index (χ1v) is 11.7. The van der Waals surface area contributed by atoms with E-state index in [2.05, 4.69) is 35.0 Å². The van der Waals surface area contributed by atoms with Gasteiger partial charge in [0.2, 0.25) is 0 Å². The second-order valence-electron chi connectivity index (χ2n) is 7.88. The molecule has 0 N–H and O–H groups in total. The van der Waals surface area contributed by atoms with Gasteiger partial charge < -0.3 is 9.64 Å². The summed E-state index contributed by atoms with van der Waals surface area (Å²) in [5, 5.41) is 0.577. The predicted molar refractivity (Wildman–Crippen MR) is 130 cm³/mol. The molecule has 6 nitrogen and oxygen atoms in total. The molecule has 2 aliphatic rings. The van der Waals surface area contributed by atoms with Crippen LogP contribution in [0, 0.1) is 6.92 Å². The van der Waals surface area contributed by atoms with E-state index in [1.165, 1.54) is 35.9 Å². The second kappa shape index (κ2) is 9.61. The summed E-state index contributed by atoms with van der Waals surface area (Å²) in [6.45, 7) is 6.42. The summed E-state index contributed by atoms with van der Waals surface area (Å²) in [5.74, 6) is -0.469. The lowest BCUT2D eigenvalue weighted by molar-refractivity contribution is -0.121. The first kappa shape index (κ1) is 22.1. The normalized spacial score (nSPS) is 18.8. The summed E-state index contributed by atoms with van der Waals surface area (Å²) in [4.78, 5) is 34.0. The van der Waals surface area contributed by atoms with Gasteiger partial charge in [0.05, 0.1) is 22.8 Å². The quantitative estimate of drug-likeness (QED) is 0.475. The summed E-state index contributed by atoms with van der Waals surface area (Å²) in [6.07, 6.45) is 4.41. The van der Waals surface area contributed by atoms with Gasteiger partial charge in [0.25, 0.3) is 5.91 Å². The molecule has 7 heteroatoms. The first-order valence-electron chi connectivity index (χ1n) is 10.9. The van der Waals surface area contributed by atoms with Gasteiger partial charge in [-0.2, -0.15) is 0 Å². The molecular weight excluding hydrogens is 422 g/mol. The number of anilines is 1. The van der Waals surface area contributed by atoms with Crippen molar-refractivity contribution in [3.05, 3.63) is 64.1 Å². The fourth-order valence-electron chi connectivity index (χ4n) is 3.91. The standard InChI is InChI=1S/C25H27N3O3S/c1-4-31-24(30)19-8-7-9-20(16-19)26-25-27(3)23(29)22(32-25)15-18-10-11-21(17(2)14-18)28-12-5-6-13-28/h7-11,14-16H,4-6,12-13H2,1-3H3. The van der Waals surface area contributed by atoms with Crippen molar-refractivity contribution in [1.82, 2.24) is 4.90 Å². The van der Waals surface area contributed by atoms with Crippen LogP contribution in [-0.2, 0) is 9.53 Å². The Hall–Kier alpha value is -3.06. The molecule has 0 radical (unpaired) electrons. The molecule has 2 saturated heterocycles. The summed E-state index contributed by atoms with van der Waals surface area (Å²) >= 11 is 1.34.